The van der Waals surface area contributed by atoms with E-state index in [1.54, 1.807) is 20.3 Å². The van der Waals surface area contributed by atoms with Crippen LogP contribution in [0, 0.1) is 5.92 Å². The number of β-amino-alcohol motifs (C(OH)–C–C–N with tert-alkyl or cyclic N) is 1. The van der Waals surface area contributed by atoms with Crippen molar-refractivity contribution in [1.82, 2.24) is 10.6 Å². The van der Waals surface area contributed by atoms with Crippen LogP contribution in [0.1, 0.15) is 5.56 Å². The number of hydrogen-bond acceptors (Lipinski definition) is 6. The molecule has 0 bridgehead atoms. The van der Waals surface area contributed by atoms with E-state index in [-0.39, 0.29) is 24.4 Å². The van der Waals surface area contributed by atoms with Crippen molar-refractivity contribution in [3.8, 4) is 23.0 Å². The van der Waals surface area contributed by atoms with Crippen LogP contribution in [0.2, 0.25) is 0 Å². The molecule has 1 aliphatic rings. The number of methoxy groups -OCH3 is 2. The van der Waals surface area contributed by atoms with Gasteiger partial charge in [-0.05, 0) is 17.7 Å². The van der Waals surface area contributed by atoms with Crippen molar-refractivity contribution in [1.29, 1.82) is 0 Å². The van der Waals surface area contributed by atoms with Gasteiger partial charge >= 0.3 is 0 Å². The number of aliphatic hydroxyl groups excluding tert-OH is 1. The van der Waals surface area contributed by atoms with E-state index in [9.17, 15) is 5.11 Å². The molecule has 0 radical (unpaired) electrons. The normalized spacial score (nSPS) is 18.6. The first-order valence-corrected chi connectivity index (χ1v) is 8.77. The van der Waals surface area contributed by atoms with Gasteiger partial charge in [0, 0.05) is 50.3 Å². The van der Waals surface area contributed by atoms with E-state index in [4.69, 9.17) is 14.2 Å². The quantitative estimate of drug-likeness (QED) is 0.639. The number of benzene rings is 2. The summed E-state index contributed by atoms with van der Waals surface area (Å²) in [4.78, 5) is 0. The molecule has 0 amide bonds. The molecule has 2 aromatic carbocycles. The topological polar surface area (TPSA) is 72.0 Å². The number of hydrogen-bond donors (Lipinski definition) is 3. The second-order valence-corrected chi connectivity index (χ2v) is 6.41. The van der Waals surface area contributed by atoms with Crippen LogP contribution in [0.3, 0.4) is 0 Å². The number of halogens is 1. The molecule has 0 aromatic heterocycles. The van der Waals surface area contributed by atoms with Crippen molar-refractivity contribution in [3.63, 3.8) is 0 Å². The molecule has 1 fully saturated rings. The molecule has 1 heterocycles. The third-order valence-corrected chi connectivity index (χ3v) is 4.52. The number of ether oxygens (including phenoxy) is 3. The molecule has 2 atom stereocenters. The first-order valence-electron chi connectivity index (χ1n) is 8.77. The molecule has 1 aliphatic heterocycles. The predicted molar refractivity (Wildman–Crippen MR) is 107 cm³/mol. The lowest BCUT2D eigenvalue weighted by atomic mass is 10.1. The van der Waals surface area contributed by atoms with Crippen molar-refractivity contribution in [2.24, 2.45) is 5.92 Å². The largest absolute Gasteiger partial charge is 0.496 e. The van der Waals surface area contributed by atoms with Gasteiger partial charge in [-0.3, -0.25) is 0 Å². The zero-order chi connectivity index (χ0) is 18.4. The molecule has 27 heavy (non-hydrogen) atoms. The minimum absolute atomic E-state index is 0. The van der Waals surface area contributed by atoms with Crippen molar-refractivity contribution >= 4 is 12.4 Å². The fourth-order valence-electron chi connectivity index (χ4n) is 2.98. The van der Waals surface area contributed by atoms with Gasteiger partial charge < -0.3 is 30.0 Å². The monoisotopic (exact) mass is 394 g/mol. The molecular weight excluding hydrogens is 368 g/mol. The second kappa shape index (κ2) is 10.4. The van der Waals surface area contributed by atoms with Gasteiger partial charge in [-0.2, -0.15) is 0 Å². The minimum Gasteiger partial charge on any atom is -0.496 e. The van der Waals surface area contributed by atoms with Crippen molar-refractivity contribution < 1.29 is 19.3 Å². The zero-order valence-electron chi connectivity index (χ0n) is 15.6. The van der Waals surface area contributed by atoms with Crippen LogP contribution < -0.4 is 24.8 Å². The summed E-state index contributed by atoms with van der Waals surface area (Å²) in [6.45, 7) is 3.12. The van der Waals surface area contributed by atoms with E-state index in [1.807, 2.05) is 36.4 Å². The standard InChI is InChI=1S/C20H26N2O4.ClH/c1-24-17-7-18(25-2)9-19(8-17)26-16-5-3-14(4-6-16)10-21-11-15-12-22-13-20(15)23;/h3-9,15,20-23H,10-13H2,1-2H3;1H. The van der Waals surface area contributed by atoms with Crippen molar-refractivity contribution in [2.75, 3.05) is 33.9 Å². The maximum absolute atomic E-state index is 9.80. The van der Waals surface area contributed by atoms with Crippen LogP contribution in [0.25, 0.3) is 0 Å². The van der Waals surface area contributed by atoms with Crippen LogP contribution in [-0.4, -0.2) is 45.1 Å². The van der Waals surface area contributed by atoms with E-state index in [2.05, 4.69) is 10.6 Å². The highest BCUT2D eigenvalue weighted by molar-refractivity contribution is 5.85. The van der Waals surface area contributed by atoms with Crippen LogP contribution >= 0.6 is 12.4 Å². The predicted octanol–water partition coefficient (Wildman–Crippen LogP) is 2.59. The molecule has 0 saturated carbocycles. The third kappa shape index (κ3) is 6.01. The summed E-state index contributed by atoms with van der Waals surface area (Å²) in [5.74, 6) is 3.06. The number of aliphatic hydroxyl groups is 1. The van der Waals surface area contributed by atoms with Crippen molar-refractivity contribution in [2.45, 2.75) is 12.6 Å². The summed E-state index contributed by atoms with van der Waals surface area (Å²) in [5, 5.41) is 16.4. The second-order valence-electron chi connectivity index (χ2n) is 6.41. The van der Waals surface area contributed by atoms with Gasteiger partial charge in [0.25, 0.3) is 0 Å². The molecule has 3 rings (SSSR count). The Labute approximate surface area is 166 Å². The minimum atomic E-state index is -0.252. The Balaban J connectivity index is 0.00000261. The number of rotatable bonds is 8. The summed E-state index contributed by atoms with van der Waals surface area (Å²) >= 11 is 0. The fraction of sp³-hybridized carbons (Fsp3) is 0.400. The van der Waals surface area contributed by atoms with Gasteiger partial charge in [0.05, 0.1) is 20.3 Å². The molecule has 2 aromatic rings. The van der Waals surface area contributed by atoms with Crippen LogP contribution in [0.4, 0.5) is 0 Å². The molecule has 1 saturated heterocycles. The lowest BCUT2D eigenvalue weighted by Crippen LogP contribution is -2.30. The summed E-state index contributed by atoms with van der Waals surface area (Å²) in [5.41, 5.74) is 1.17. The average Bonchev–Trinajstić information content (AvgIpc) is 3.07. The number of nitrogens with one attached hydrogen (secondary N) is 2. The third-order valence-electron chi connectivity index (χ3n) is 4.52. The Kier molecular flexibility index (Phi) is 8.19. The average molecular weight is 395 g/mol. The van der Waals surface area contributed by atoms with Crippen LogP contribution in [-0.2, 0) is 6.54 Å². The highest BCUT2D eigenvalue weighted by atomic mass is 35.5. The van der Waals surface area contributed by atoms with E-state index < -0.39 is 0 Å². The molecule has 7 heteroatoms. The highest BCUT2D eigenvalue weighted by Crippen LogP contribution is 2.30. The molecule has 0 spiro atoms. The molecule has 6 nitrogen and oxygen atoms in total. The molecule has 0 aliphatic carbocycles. The maximum Gasteiger partial charge on any atom is 0.134 e. The Morgan fingerprint density at radius 2 is 1.59 bits per heavy atom. The Morgan fingerprint density at radius 3 is 2.15 bits per heavy atom. The molecule has 2 unspecified atom stereocenters. The van der Waals surface area contributed by atoms with Crippen molar-refractivity contribution in [3.05, 3.63) is 48.0 Å². The molecular formula is C20H27ClN2O4. The van der Waals surface area contributed by atoms with E-state index in [0.29, 0.717) is 23.8 Å². The lowest BCUT2D eigenvalue weighted by molar-refractivity contribution is 0.146. The van der Waals surface area contributed by atoms with Gasteiger partial charge in [-0.15, -0.1) is 12.4 Å². The maximum atomic E-state index is 9.80. The first kappa shape index (κ1) is 21.3. The van der Waals surface area contributed by atoms with Gasteiger partial charge in [0.1, 0.15) is 23.0 Å². The van der Waals surface area contributed by atoms with Gasteiger partial charge in [0.15, 0.2) is 0 Å². The first-order chi connectivity index (χ1) is 12.7. The summed E-state index contributed by atoms with van der Waals surface area (Å²) < 4.78 is 16.4. The van der Waals surface area contributed by atoms with Gasteiger partial charge in [-0.1, -0.05) is 12.1 Å². The Bertz CT molecular complexity index is 689. The highest BCUT2D eigenvalue weighted by Gasteiger charge is 2.23. The van der Waals surface area contributed by atoms with E-state index >= 15 is 0 Å². The van der Waals surface area contributed by atoms with E-state index in [0.717, 1.165) is 25.4 Å². The SMILES string of the molecule is COc1cc(OC)cc(Oc2ccc(CNCC3CNCC3O)cc2)c1.Cl. The Morgan fingerprint density at radius 1 is 0.963 bits per heavy atom. The molecule has 148 valence electrons. The zero-order valence-corrected chi connectivity index (χ0v) is 16.4. The van der Waals surface area contributed by atoms with Gasteiger partial charge in [-0.25, -0.2) is 0 Å². The van der Waals surface area contributed by atoms with Gasteiger partial charge in [0.2, 0.25) is 0 Å². The van der Waals surface area contributed by atoms with Crippen LogP contribution in [0.5, 0.6) is 23.0 Å². The molecule has 3 N–H and O–H groups in total. The lowest BCUT2D eigenvalue weighted by Gasteiger charge is -2.14. The summed E-state index contributed by atoms with van der Waals surface area (Å²) in [7, 11) is 3.22. The smallest absolute Gasteiger partial charge is 0.134 e. The fourth-order valence-corrected chi connectivity index (χ4v) is 2.98. The summed E-state index contributed by atoms with van der Waals surface area (Å²) in [6.07, 6.45) is -0.252. The van der Waals surface area contributed by atoms with E-state index in [1.165, 1.54) is 5.56 Å². The summed E-state index contributed by atoms with van der Waals surface area (Å²) in [6, 6.07) is 13.4. The Hall–Kier alpha value is -1.99. The van der Waals surface area contributed by atoms with Crippen LogP contribution in [0.15, 0.2) is 42.5 Å².